The van der Waals surface area contributed by atoms with Gasteiger partial charge in [-0.15, -0.1) is 0 Å². The molecular weight excluding hydrogens is 573 g/mol. The van der Waals surface area contributed by atoms with Crippen LogP contribution in [0, 0.1) is 5.92 Å². The molecule has 1 atom stereocenters. The van der Waals surface area contributed by atoms with Crippen molar-refractivity contribution in [3.8, 4) is 0 Å². The molecule has 4 aromatic rings. The van der Waals surface area contributed by atoms with Gasteiger partial charge >= 0.3 is 5.97 Å². The number of halogens is 2. The van der Waals surface area contributed by atoms with Crippen molar-refractivity contribution in [1.29, 1.82) is 0 Å². The Bertz CT molecular complexity index is 1390. The highest BCUT2D eigenvalue weighted by molar-refractivity contribution is 6.35. The summed E-state index contributed by atoms with van der Waals surface area (Å²) in [6.45, 7) is 2.97. The maximum atomic E-state index is 12.7. The first-order valence-corrected chi connectivity index (χ1v) is 14.3. The molecule has 220 valence electrons. The normalized spacial score (nSPS) is 11.3. The van der Waals surface area contributed by atoms with E-state index in [9.17, 15) is 14.7 Å². The number of nitrogens with two attached hydrogens (primary N) is 1. The third kappa shape index (κ3) is 11.3. The number of carbonyl (C=O) groups excluding carboxylic acids is 1. The van der Waals surface area contributed by atoms with E-state index in [0.717, 1.165) is 22.5 Å². The fraction of sp³-hybridized carbons (Fsp3) is 0.250. The van der Waals surface area contributed by atoms with Crippen molar-refractivity contribution in [2.24, 2.45) is 11.7 Å². The van der Waals surface area contributed by atoms with Crippen LogP contribution in [0.4, 0.5) is 0 Å². The molecule has 0 saturated heterocycles. The number of nitrogens with one attached hydrogen (secondary N) is 2. The van der Waals surface area contributed by atoms with Crippen LogP contribution < -0.4 is 16.4 Å². The van der Waals surface area contributed by atoms with Crippen molar-refractivity contribution in [2.75, 3.05) is 6.54 Å². The van der Waals surface area contributed by atoms with Gasteiger partial charge in [0.2, 0.25) is 0 Å². The maximum absolute atomic E-state index is 12.7. The van der Waals surface area contributed by atoms with Gasteiger partial charge < -0.3 is 21.5 Å². The Morgan fingerprint density at radius 1 is 0.833 bits per heavy atom. The minimum absolute atomic E-state index is 0.288. The van der Waals surface area contributed by atoms with Gasteiger partial charge in [0.15, 0.2) is 5.78 Å². The summed E-state index contributed by atoms with van der Waals surface area (Å²) in [5.74, 6) is -2.48. The highest BCUT2D eigenvalue weighted by Gasteiger charge is 2.26. The summed E-state index contributed by atoms with van der Waals surface area (Å²) < 4.78 is 0. The van der Waals surface area contributed by atoms with Crippen LogP contribution in [0.1, 0.15) is 45.7 Å². The number of carbonyl (C=O) groups is 2. The van der Waals surface area contributed by atoms with Gasteiger partial charge in [0.25, 0.3) is 0 Å². The van der Waals surface area contributed by atoms with Crippen LogP contribution in [0.25, 0.3) is 0 Å². The summed E-state index contributed by atoms with van der Waals surface area (Å²) in [5, 5.41) is 17.4. The predicted octanol–water partition coefficient (Wildman–Crippen LogP) is 5.67. The molecule has 0 radical (unpaired) electrons. The molecule has 0 amide bonds. The second-order valence-corrected chi connectivity index (χ2v) is 10.3. The zero-order chi connectivity index (χ0) is 30.2. The number of ketones is 1. The van der Waals surface area contributed by atoms with E-state index in [1.165, 1.54) is 0 Å². The zero-order valence-corrected chi connectivity index (χ0v) is 24.7. The number of rotatable bonds is 14. The minimum Gasteiger partial charge on any atom is -0.481 e. The molecule has 0 aliphatic heterocycles. The first-order chi connectivity index (χ1) is 20.4. The highest BCUT2D eigenvalue weighted by atomic mass is 35.5. The highest BCUT2D eigenvalue weighted by Crippen LogP contribution is 2.20. The van der Waals surface area contributed by atoms with Crippen molar-refractivity contribution < 1.29 is 14.7 Å². The average Bonchev–Trinajstić information content (AvgIpc) is 3.00. The number of aromatic nitrogens is 2. The van der Waals surface area contributed by atoms with E-state index in [1.807, 2.05) is 54.6 Å². The first-order valence-electron chi connectivity index (χ1n) is 13.6. The monoisotopic (exact) mass is 607 g/mol. The van der Waals surface area contributed by atoms with Crippen LogP contribution >= 0.6 is 23.2 Å². The smallest absolute Gasteiger partial charge is 0.314 e. The van der Waals surface area contributed by atoms with Crippen molar-refractivity contribution in [2.45, 2.75) is 39.0 Å². The van der Waals surface area contributed by atoms with Gasteiger partial charge in [-0.05, 0) is 66.9 Å². The van der Waals surface area contributed by atoms with Gasteiger partial charge in [-0.3, -0.25) is 19.6 Å². The average molecular weight is 609 g/mol. The lowest BCUT2D eigenvalue weighted by molar-refractivity contribution is -0.140. The predicted molar refractivity (Wildman–Crippen MR) is 166 cm³/mol. The van der Waals surface area contributed by atoms with Gasteiger partial charge in [0.1, 0.15) is 5.92 Å². The van der Waals surface area contributed by atoms with E-state index in [0.29, 0.717) is 54.8 Å². The molecule has 0 bridgehead atoms. The van der Waals surface area contributed by atoms with Gasteiger partial charge in [0, 0.05) is 54.2 Å². The summed E-state index contributed by atoms with van der Waals surface area (Å²) in [4.78, 5) is 32.9. The Balaban J connectivity index is 0.000000408. The van der Waals surface area contributed by atoms with Crippen LogP contribution in [0.2, 0.25) is 10.0 Å². The molecule has 10 heteroatoms. The molecule has 8 nitrogen and oxygen atoms in total. The maximum Gasteiger partial charge on any atom is 0.314 e. The Hall–Kier alpha value is -3.66. The Morgan fingerprint density at radius 3 is 2.02 bits per heavy atom. The first kappa shape index (κ1) is 32.8. The fourth-order valence-corrected chi connectivity index (χ4v) is 4.52. The van der Waals surface area contributed by atoms with Crippen LogP contribution in [0.15, 0.2) is 91.3 Å². The summed E-state index contributed by atoms with van der Waals surface area (Å²) in [6, 6.07) is 23.9. The van der Waals surface area contributed by atoms with E-state index in [-0.39, 0.29) is 12.2 Å². The van der Waals surface area contributed by atoms with Crippen molar-refractivity contribution in [3.05, 3.63) is 129 Å². The fourth-order valence-electron chi connectivity index (χ4n) is 4.03. The lowest BCUT2D eigenvalue weighted by atomic mass is 9.93. The largest absolute Gasteiger partial charge is 0.481 e. The number of nitrogens with zero attached hydrogens (tertiary/aromatic N) is 2. The third-order valence-corrected chi connectivity index (χ3v) is 6.92. The summed E-state index contributed by atoms with van der Waals surface area (Å²) >= 11 is 11.4. The number of aliphatic carboxylic acids is 1. The summed E-state index contributed by atoms with van der Waals surface area (Å²) in [7, 11) is 0. The number of Topliss-reactive ketones (excluding diaryl/α,β-unsaturated/α-hetero) is 1. The summed E-state index contributed by atoms with van der Waals surface area (Å²) in [5.41, 5.74) is 9.62. The molecule has 2 aromatic carbocycles. The number of hydrogen-bond donors (Lipinski definition) is 4. The molecule has 0 aliphatic rings. The summed E-state index contributed by atoms with van der Waals surface area (Å²) in [6.07, 6.45) is 4.37. The number of carboxylic acids is 1. The molecule has 0 aliphatic carbocycles. The molecule has 0 saturated carbocycles. The van der Waals surface area contributed by atoms with Gasteiger partial charge in [-0.2, -0.15) is 0 Å². The lowest BCUT2D eigenvalue weighted by Gasteiger charge is -2.12. The van der Waals surface area contributed by atoms with Crippen LogP contribution in [-0.2, 0) is 31.0 Å². The quantitative estimate of drug-likeness (QED) is 0.0819. The van der Waals surface area contributed by atoms with E-state index in [2.05, 4.69) is 20.6 Å². The van der Waals surface area contributed by atoms with Crippen molar-refractivity contribution >= 4 is 35.0 Å². The molecule has 42 heavy (non-hydrogen) atoms. The van der Waals surface area contributed by atoms with Gasteiger partial charge in [0.05, 0.1) is 11.4 Å². The lowest BCUT2D eigenvalue weighted by Crippen LogP contribution is -2.25. The van der Waals surface area contributed by atoms with Crippen LogP contribution in [0.5, 0.6) is 0 Å². The number of carboxylic acid groups (broad SMARTS) is 1. The van der Waals surface area contributed by atoms with Crippen LogP contribution in [-0.4, -0.2) is 33.4 Å². The van der Waals surface area contributed by atoms with Gasteiger partial charge in [-0.25, -0.2) is 0 Å². The molecule has 0 spiro atoms. The molecule has 5 N–H and O–H groups in total. The molecular formula is C32H35Cl2N5O3. The standard InChI is InChI=1S/C25H28N4O3.C7H7Cl2N/c30-24(23(25(31)32)8-5-13-26-17-21-6-1-3-14-28-21)20-11-9-19(10-12-20)16-27-18-22-7-2-4-15-29-22;8-6-2-1-5(4-10)7(9)3-6/h1-4,6-7,9-12,14-15,23,26-27H,5,8,13,16-18H2,(H,31,32);1-3H,4,10H2/t23-;/m0./s1. The SMILES string of the molecule is NCc1ccc(Cl)cc1Cl.O=C(O)[C@@H](CCCNCc1ccccn1)C(=O)c1ccc(CNCc2ccccn2)cc1. The third-order valence-electron chi connectivity index (χ3n) is 6.33. The van der Waals surface area contributed by atoms with Crippen molar-refractivity contribution in [1.82, 2.24) is 20.6 Å². The Labute approximate surface area is 256 Å². The molecule has 2 heterocycles. The number of pyridine rings is 2. The Morgan fingerprint density at radius 2 is 1.48 bits per heavy atom. The second kappa shape index (κ2) is 18.0. The van der Waals surface area contributed by atoms with E-state index in [1.54, 1.807) is 36.7 Å². The molecule has 0 unspecified atom stereocenters. The van der Waals surface area contributed by atoms with Crippen LogP contribution in [0.3, 0.4) is 0 Å². The van der Waals surface area contributed by atoms with E-state index in [4.69, 9.17) is 28.9 Å². The number of hydrogen-bond acceptors (Lipinski definition) is 7. The van der Waals surface area contributed by atoms with Gasteiger partial charge in [-0.1, -0.05) is 65.7 Å². The number of benzene rings is 2. The Kier molecular flexibility index (Phi) is 14.1. The minimum atomic E-state index is -1.08. The molecule has 2 aromatic heterocycles. The van der Waals surface area contributed by atoms with E-state index < -0.39 is 11.9 Å². The molecule has 4 rings (SSSR count). The topological polar surface area (TPSA) is 130 Å². The zero-order valence-electron chi connectivity index (χ0n) is 23.2. The molecule has 0 fully saturated rings. The van der Waals surface area contributed by atoms with Crippen molar-refractivity contribution in [3.63, 3.8) is 0 Å². The second-order valence-electron chi connectivity index (χ2n) is 9.46. The van der Waals surface area contributed by atoms with E-state index >= 15 is 0 Å².